The van der Waals surface area contributed by atoms with E-state index in [2.05, 4.69) is 4.98 Å². The second-order valence-electron chi connectivity index (χ2n) is 5.56. The predicted molar refractivity (Wildman–Crippen MR) is 75.5 cm³/mol. The van der Waals surface area contributed by atoms with Gasteiger partial charge in [-0.2, -0.15) is 13.2 Å². The Bertz CT molecular complexity index is 673. The van der Waals surface area contributed by atoms with Crippen LogP contribution < -0.4 is 0 Å². The molecule has 1 nitrogen and oxygen atoms in total. The van der Waals surface area contributed by atoms with Crippen molar-refractivity contribution >= 4 is 34.1 Å². The van der Waals surface area contributed by atoms with Crippen molar-refractivity contribution in [1.82, 2.24) is 4.98 Å². The molecule has 0 N–H and O–H groups in total. The molecule has 6 heteroatoms. The largest absolute Gasteiger partial charge is 0.418 e. The molecule has 0 fully saturated rings. The van der Waals surface area contributed by atoms with Gasteiger partial charge in [0.2, 0.25) is 0 Å². The zero-order valence-corrected chi connectivity index (χ0v) is 12.6. The Hall–Kier alpha value is -1.00. The highest BCUT2D eigenvalue weighted by Gasteiger charge is 2.38. The topological polar surface area (TPSA) is 12.9 Å². The monoisotopic (exact) mass is 321 g/mol. The Morgan fingerprint density at radius 2 is 1.65 bits per heavy atom. The molecule has 0 aliphatic carbocycles. The van der Waals surface area contributed by atoms with Crippen LogP contribution in [0.25, 0.3) is 10.9 Å². The van der Waals surface area contributed by atoms with E-state index in [0.717, 1.165) is 0 Å². The SMILES string of the molecule is CC(C)(C)c1nc2ccc(Cl)cc2c(C(F)(F)F)c1Cl. The van der Waals surface area contributed by atoms with Crippen molar-refractivity contribution in [3.8, 4) is 0 Å². The summed E-state index contributed by atoms with van der Waals surface area (Å²) < 4.78 is 40.0. The highest BCUT2D eigenvalue weighted by molar-refractivity contribution is 6.34. The summed E-state index contributed by atoms with van der Waals surface area (Å²) in [7, 11) is 0. The molecule has 108 valence electrons. The summed E-state index contributed by atoms with van der Waals surface area (Å²) in [6.45, 7) is 5.30. The zero-order chi connectivity index (χ0) is 15.3. The van der Waals surface area contributed by atoms with Crippen LogP contribution in [0, 0.1) is 0 Å². The Morgan fingerprint density at radius 1 is 1.05 bits per heavy atom. The van der Waals surface area contributed by atoms with Crippen molar-refractivity contribution in [2.45, 2.75) is 32.4 Å². The van der Waals surface area contributed by atoms with Crippen molar-refractivity contribution in [3.05, 3.63) is 39.5 Å². The lowest BCUT2D eigenvalue weighted by atomic mass is 9.89. The maximum atomic E-state index is 13.3. The highest BCUT2D eigenvalue weighted by atomic mass is 35.5. The summed E-state index contributed by atoms with van der Waals surface area (Å²) in [5.74, 6) is 0. The third kappa shape index (κ3) is 2.72. The quantitative estimate of drug-likeness (QED) is 0.592. The first kappa shape index (κ1) is 15.4. The first-order chi connectivity index (χ1) is 9.01. The summed E-state index contributed by atoms with van der Waals surface area (Å²) in [6.07, 6.45) is -4.57. The maximum Gasteiger partial charge on any atom is 0.418 e. The van der Waals surface area contributed by atoms with Crippen molar-refractivity contribution in [2.75, 3.05) is 0 Å². The van der Waals surface area contributed by atoms with E-state index in [9.17, 15) is 13.2 Å². The van der Waals surface area contributed by atoms with Gasteiger partial charge in [-0.05, 0) is 18.2 Å². The standard InChI is InChI=1S/C14H12Cl2F3N/c1-13(2,3)12-11(16)10(14(17,18)19)8-6-7(15)4-5-9(8)20-12/h4-6H,1-3H3. The van der Waals surface area contributed by atoms with Gasteiger partial charge in [0.25, 0.3) is 0 Å². The minimum atomic E-state index is -4.57. The molecule has 0 aliphatic rings. The molecule has 0 saturated carbocycles. The molecule has 0 aliphatic heterocycles. The number of alkyl halides is 3. The number of hydrogen-bond donors (Lipinski definition) is 0. The molecule has 0 atom stereocenters. The van der Waals surface area contributed by atoms with Crippen LogP contribution in [-0.2, 0) is 11.6 Å². The van der Waals surface area contributed by atoms with Gasteiger partial charge in [-0.1, -0.05) is 44.0 Å². The second kappa shape index (κ2) is 4.78. The Kier molecular flexibility index (Phi) is 3.68. The van der Waals surface area contributed by atoms with E-state index in [1.54, 1.807) is 20.8 Å². The summed E-state index contributed by atoms with van der Waals surface area (Å²) in [5.41, 5.74) is -1.01. The Morgan fingerprint density at radius 3 is 2.15 bits per heavy atom. The summed E-state index contributed by atoms with van der Waals surface area (Å²) in [4.78, 5) is 4.27. The summed E-state index contributed by atoms with van der Waals surface area (Å²) >= 11 is 11.8. The normalized spacial score (nSPS) is 13.0. The molecule has 0 unspecified atom stereocenters. The van der Waals surface area contributed by atoms with E-state index in [1.165, 1.54) is 18.2 Å². The first-order valence-corrected chi connectivity index (χ1v) is 6.64. The number of halogens is 5. The van der Waals surface area contributed by atoms with Gasteiger partial charge in [-0.25, -0.2) is 0 Å². The average Bonchev–Trinajstić information content (AvgIpc) is 2.24. The number of nitrogens with zero attached hydrogens (tertiary/aromatic N) is 1. The van der Waals surface area contributed by atoms with Crippen molar-refractivity contribution in [1.29, 1.82) is 0 Å². The van der Waals surface area contributed by atoms with Crippen LogP contribution in [0.5, 0.6) is 0 Å². The smallest absolute Gasteiger partial charge is 0.251 e. The molecule has 0 bridgehead atoms. The number of benzene rings is 1. The number of pyridine rings is 1. The molecule has 1 heterocycles. The summed E-state index contributed by atoms with van der Waals surface area (Å²) in [6, 6.07) is 4.22. The van der Waals surface area contributed by atoms with E-state index in [1.807, 2.05) is 0 Å². The van der Waals surface area contributed by atoms with E-state index in [4.69, 9.17) is 23.2 Å². The second-order valence-corrected chi connectivity index (χ2v) is 6.37. The fraction of sp³-hybridized carbons (Fsp3) is 0.357. The summed E-state index contributed by atoms with van der Waals surface area (Å²) in [5, 5.41) is -0.229. The van der Waals surface area contributed by atoms with Gasteiger partial charge in [0.15, 0.2) is 0 Å². The zero-order valence-electron chi connectivity index (χ0n) is 11.1. The van der Waals surface area contributed by atoms with Gasteiger partial charge >= 0.3 is 6.18 Å². The molecule has 20 heavy (non-hydrogen) atoms. The number of hydrogen-bond acceptors (Lipinski definition) is 1. The van der Waals surface area contributed by atoms with Crippen molar-refractivity contribution < 1.29 is 13.2 Å². The van der Waals surface area contributed by atoms with Crippen molar-refractivity contribution in [3.63, 3.8) is 0 Å². The Balaban J connectivity index is 2.97. The van der Waals surface area contributed by atoms with E-state index < -0.39 is 17.2 Å². The molecular formula is C14H12Cl2F3N. The number of rotatable bonds is 0. The van der Waals surface area contributed by atoms with Gasteiger partial charge in [0, 0.05) is 15.8 Å². The first-order valence-electron chi connectivity index (χ1n) is 5.88. The predicted octanol–water partition coefficient (Wildman–Crippen LogP) is 5.86. The van der Waals surface area contributed by atoms with Gasteiger partial charge in [-0.15, -0.1) is 0 Å². The van der Waals surface area contributed by atoms with Crippen LogP contribution in [-0.4, -0.2) is 4.98 Å². The van der Waals surface area contributed by atoms with Crippen LogP contribution in [0.2, 0.25) is 10.0 Å². The fourth-order valence-electron chi connectivity index (χ4n) is 1.99. The van der Waals surface area contributed by atoms with Crippen LogP contribution in [0.4, 0.5) is 13.2 Å². The lowest BCUT2D eigenvalue weighted by molar-refractivity contribution is -0.136. The number of aromatic nitrogens is 1. The lowest BCUT2D eigenvalue weighted by Crippen LogP contribution is -2.18. The molecule has 0 amide bonds. The molecular weight excluding hydrogens is 310 g/mol. The van der Waals surface area contributed by atoms with Gasteiger partial charge < -0.3 is 0 Å². The minimum absolute atomic E-state index is 0.0806. The van der Waals surface area contributed by atoms with Crippen LogP contribution in [0.3, 0.4) is 0 Å². The molecule has 2 rings (SSSR count). The molecule has 0 spiro atoms. The molecule has 0 radical (unpaired) electrons. The third-order valence-corrected chi connectivity index (χ3v) is 3.48. The average molecular weight is 322 g/mol. The fourth-order valence-corrected chi connectivity index (χ4v) is 2.69. The van der Waals surface area contributed by atoms with E-state index in [0.29, 0.717) is 0 Å². The lowest BCUT2D eigenvalue weighted by Gasteiger charge is -2.23. The van der Waals surface area contributed by atoms with Crippen molar-refractivity contribution in [2.24, 2.45) is 0 Å². The Labute approximate surface area is 124 Å². The maximum absolute atomic E-state index is 13.3. The number of fused-ring (bicyclic) bond motifs is 1. The highest BCUT2D eigenvalue weighted by Crippen LogP contribution is 2.43. The molecule has 0 saturated heterocycles. The molecule has 1 aromatic carbocycles. The molecule has 2 aromatic rings. The minimum Gasteiger partial charge on any atom is -0.251 e. The van der Waals surface area contributed by atoms with E-state index >= 15 is 0 Å². The van der Waals surface area contributed by atoms with Crippen LogP contribution in [0.15, 0.2) is 18.2 Å². The van der Waals surface area contributed by atoms with Crippen LogP contribution in [0.1, 0.15) is 32.0 Å². The van der Waals surface area contributed by atoms with Gasteiger partial charge in [0.1, 0.15) is 0 Å². The van der Waals surface area contributed by atoms with E-state index in [-0.39, 0.29) is 26.6 Å². The third-order valence-electron chi connectivity index (χ3n) is 2.88. The van der Waals surface area contributed by atoms with Crippen LogP contribution >= 0.6 is 23.2 Å². The van der Waals surface area contributed by atoms with Gasteiger partial charge in [-0.3, -0.25) is 4.98 Å². The molecule has 1 aromatic heterocycles. The van der Waals surface area contributed by atoms with Gasteiger partial charge in [0.05, 0.1) is 21.8 Å².